The van der Waals surface area contributed by atoms with E-state index in [-0.39, 0.29) is 18.1 Å². The summed E-state index contributed by atoms with van der Waals surface area (Å²) in [6.45, 7) is 6.38. The zero-order chi connectivity index (χ0) is 20.3. The van der Waals surface area contributed by atoms with E-state index in [4.69, 9.17) is 4.74 Å². The third-order valence-corrected chi connectivity index (χ3v) is 4.27. The second-order valence-electron chi connectivity index (χ2n) is 7.31. The van der Waals surface area contributed by atoms with Crippen LogP contribution >= 0.6 is 0 Å². The molecule has 152 valence electrons. The Bertz CT molecular complexity index is 587. The first-order chi connectivity index (χ1) is 12.7. The van der Waals surface area contributed by atoms with Gasteiger partial charge in [-0.1, -0.05) is 18.2 Å². The number of amides is 1. The van der Waals surface area contributed by atoms with Gasteiger partial charge in [-0.05, 0) is 32.4 Å². The lowest BCUT2D eigenvalue weighted by Gasteiger charge is -2.25. The number of carbonyl (C=O) groups is 1. The van der Waals surface area contributed by atoms with Gasteiger partial charge in [0.15, 0.2) is 5.96 Å². The Labute approximate surface area is 163 Å². The van der Waals surface area contributed by atoms with Crippen molar-refractivity contribution in [2.45, 2.75) is 25.9 Å². The van der Waals surface area contributed by atoms with E-state index in [0.29, 0.717) is 12.5 Å². The molecule has 0 saturated carbocycles. The summed E-state index contributed by atoms with van der Waals surface area (Å²) >= 11 is 0. The molecule has 0 heterocycles. The molecule has 0 fully saturated rings. The molecule has 0 aromatic heterocycles. The van der Waals surface area contributed by atoms with Crippen LogP contribution in [0.1, 0.15) is 20.3 Å². The van der Waals surface area contributed by atoms with Gasteiger partial charge in [-0.2, -0.15) is 0 Å². The number of para-hydroxylation sites is 1. The number of ether oxygens (including phenoxy) is 1. The first-order valence-corrected chi connectivity index (χ1v) is 9.29. The lowest BCUT2D eigenvalue weighted by molar-refractivity contribution is -0.127. The molecular weight excluding hydrogens is 342 g/mol. The monoisotopic (exact) mass is 377 g/mol. The van der Waals surface area contributed by atoms with Crippen LogP contribution in [0, 0.1) is 0 Å². The fourth-order valence-electron chi connectivity index (χ4n) is 2.17. The van der Waals surface area contributed by atoms with Gasteiger partial charge in [0.1, 0.15) is 6.54 Å². The minimum absolute atomic E-state index is 0.0362. The summed E-state index contributed by atoms with van der Waals surface area (Å²) in [6.07, 6.45) is 0.946. The van der Waals surface area contributed by atoms with Gasteiger partial charge in [0.2, 0.25) is 5.91 Å². The number of aliphatic imine (C=N–C) groups is 1. The number of rotatable bonds is 10. The Morgan fingerprint density at radius 2 is 1.81 bits per heavy atom. The number of anilines is 1. The van der Waals surface area contributed by atoms with Crippen molar-refractivity contribution in [2.75, 3.05) is 59.3 Å². The van der Waals surface area contributed by atoms with Crippen molar-refractivity contribution in [3.05, 3.63) is 30.3 Å². The molecule has 1 aromatic rings. The lowest BCUT2D eigenvalue weighted by Crippen LogP contribution is -2.46. The molecule has 0 atom stereocenters. The van der Waals surface area contributed by atoms with Crippen LogP contribution in [-0.4, -0.2) is 76.8 Å². The second-order valence-corrected chi connectivity index (χ2v) is 7.31. The quantitative estimate of drug-likeness (QED) is 0.368. The number of hydrogen-bond acceptors (Lipinski definition) is 4. The van der Waals surface area contributed by atoms with Crippen LogP contribution in [0.3, 0.4) is 0 Å². The van der Waals surface area contributed by atoms with Crippen LogP contribution in [0.25, 0.3) is 0 Å². The molecule has 1 rings (SSSR count). The molecular formula is C20H35N5O2. The Morgan fingerprint density at radius 3 is 2.41 bits per heavy atom. The summed E-state index contributed by atoms with van der Waals surface area (Å²) in [5.74, 6) is 0.587. The smallest absolute Gasteiger partial charge is 0.243 e. The largest absolute Gasteiger partial charge is 0.377 e. The molecule has 2 N–H and O–H groups in total. The molecule has 7 heteroatoms. The molecule has 1 amide bonds. The molecule has 27 heavy (non-hydrogen) atoms. The summed E-state index contributed by atoms with van der Waals surface area (Å²) in [6, 6.07) is 10.3. The predicted molar refractivity (Wildman–Crippen MR) is 112 cm³/mol. The third kappa shape index (κ3) is 9.28. The van der Waals surface area contributed by atoms with Gasteiger partial charge in [0.05, 0.1) is 5.60 Å². The van der Waals surface area contributed by atoms with Gasteiger partial charge in [-0.25, -0.2) is 4.99 Å². The van der Waals surface area contributed by atoms with E-state index in [9.17, 15) is 4.79 Å². The molecule has 0 saturated heterocycles. The zero-order valence-electron chi connectivity index (χ0n) is 17.6. The minimum Gasteiger partial charge on any atom is -0.377 e. The van der Waals surface area contributed by atoms with Crippen molar-refractivity contribution in [1.82, 2.24) is 15.5 Å². The number of methoxy groups -OCH3 is 1. The Morgan fingerprint density at radius 1 is 1.15 bits per heavy atom. The van der Waals surface area contributed by atoms with Gasteiger partial charge in [-0.15, -0.1) is 0 Å². The van der Waals surface area contributed by atoms with E-state index < -0.39 is 0 Å². The first kappa shape index (κ1) is 22.8. The molecule has 0 aliphatic rings. The average molecular weight is 378 g/mol. The number of guanidine groups is 1. The Kier molecular flexibility index (Phi) is 9.64. The van der Waals surface area contributed by atoms with Crippen LogP contribution in [0.5, 0.6) is 0 Å². The fraction of sp³-hybridized carbons (Fsp3) is 0.600. The van der Waals surface area contributed by atoms with E-state index in [2.05, 4.69) is 39.7 Å². The maximum Gasteiger partial charge on any atom is 0.243 e. The first-order valence-electron chi connectivity index (χ1n) is 9.29. The highest BCUT2D eigenvalue weighted by Gasteiger charge is 2.16. The van der Waals surface area contributed by atoms with E-state index >= 15 is 0 Å². The predicted octanol–water partition coefficient (Wildman–Crippen LogP) is 1.56. The maximum absolute atomic E-state index is 11.8. The van der Waals surface area contributed by atoms with Crippen LogP contribution < -0.4 is 15.5 Å². The van der Waals surface area contributed by atoms with Crippen molar-refractivity contribution >= 4 is 17.6 Å². The summed E-state index contributed by atoms with van der Waals surface area (Å²) in [7, 11) is 7.22. The average Bonchev–Trinajstić information content (AvgIpc) is 2.66. The van der Waals surface area contributed by atoms with Crippen LogP contribution in [0.4, 0.5) is 5.69 Å². The molecule has 0 radical (unpaired) electrons. The number of benzene rings is 1. The highest BCUT2D eigenvalue weighted by atomic mass is 16.5. The highest BCUT2D eigenvalue weighted by molar-refractivity contribution is 5.84. The summed E-state index contributed by atoms with van der Waals surface area (Å²) in [5.41, 5.74) is 0.879. The van der Waals surface area contributed by atoms with Crippen molar-refractivity contribution < 1.29 is 9.53 Å². The second kappa shape index (κ2) is 11.4. The topological polar surface area (TPSA) is 69.2 Å². The number of nitrogens with one attached hydrogen (secondary N) is 2. The van der Waals surface area contributed by atoms with Crippen molar-refractivity contribution in [3.8, 4) is 0 Å². The number of carbonyl (C=O) groups excluding carboxylic acids is 1. The van der Waals surface area contributed by atoms with Gasteiger partial charge >= 0.3 is 0 Å². The van der Waals surface area contributed by atoms with Crippen molar-refractivity contribution in [2.24, 2.45) is 4.99 Å². The van der Waals surface area contributed by atoms with Crippen LogP contribution in [-0.2, 0) is 9.53 Å². The SMILES string of the molecule is COC(C)(C)CNC(=NCC(=O)N(C)C)NCCCN(C)c1ccccc1. The fourth-order valence-corrected chi connectivity index (χ4v) is 2.17. The number of likely N-dealkylation sites (N-methyl/N-ethyl adjacent to an activating group) is 1. The summed E-state index contributed by atoms with van der Waals surface area (Å²) < 4.78 is 5.43. The molecule has 1 aromatic carbocycles. The molecule has 0 bridgehead atoms. The molecule has 0 unspecified atom stereocenters. The highest BCUT2D eigenvalue weighted by Crippen LogP contribution is 2.10. The zero-order valence-corrected chi connectivity index (χ0v) is 17.6. The Hall–Kier alpha value is -2.28. The summed E-state index contributed by atoms with van der Waals surface area (Å²) in [4.78, 5) is 20.0. The lowest BCUT2D eigenvalue weighted by atomic mass is 10.1. The number of nitrogens with zero attached hydrogens (tertiary/aromatic N) is 3. The van der Waals surface area contributed by atoms with E-state index in [1.54, 1.807) is 21.2 Å². The summed E-state index contributed by atoms with van der Waals surface area (Å²) in [5, 5.41) is 6.56. The third-order valence-electron chi connectivity index (χ3n) is 4.27. The molecule has 0 aliphatic heterocycles. The van der Waals surface area contributed by atoms with E-state index in [1.165, 1.54) is 10.6 Å². The van der Waals surface area contributed by atoms with Gasteiger partial charge in [0, 0.05) is 53.6 Å². The van der Waals surface area contributed by atoms with Gasteiger partial charge in [0.25, 0.3) is 0 Å². The van der Waals surface area contributed by atoms with Crippen LogP contribution in [0.2, 0.25) is 0 Å². The van der Waals surface area contributed by atoms with Crippen molar-refractivity contribution in [3.63, 3.8) is 0 Å². The van der Waals surface area contributed by atoms with E-state index in [1.807, 2.05) is 32.0 Å². The van der Waals surface area contributed by atoms with Crippen molar-refractivity contribution in [1.29, 1.82) is 0 Å². The number of hydrogen-bond donors (Lipinski definition) is 2. The standard InChI is InChI=1S/C20H35N5O2/c1-20(2,27-6)16-23-19(22-15-18(26)24(3)4)21-13-10-14-25(5)17-11-8-7-9-12-17/h7-9,11-12H,10,13-16H2,1-6H3,(H2,21,22,23). The molecule has 0 spiro atoms. The minimum atomic E-state index is -0.318. The molecule has 0 aliphatic carbocycles. The maximum atomic E-state index is 11.8. The molecule has 7 nitrogen and oxygen atoms in total. The van der Waals surface area contributed by atoms with Gasteiger partial charge < -0.3 is 25.2 Å². The van der Waals surface area contributed by atoms with Crippen LogP contribution in [0.15, 0.2) is 35.3 Å². The van der Waals surface area contributed by atoms with Gasteiger partial charge in [-0.3, -0.25) is 4.79 Å². The normalized spacial score (nSPS) is 11.9. The Balaban J connectivity index is 2.52. The van der Waals surface area contributed by atoms with E-state index in [0.717, 1.165) is 19.5 Å².